The molecule has 1 aromatic heterocycles. The third kappa shape index (κ3) is 8.28. The van der Waals surface area contributed by atoms with Gasteiger partial charge in [0.1, 0.15) is 11.6 Å². The van der Waals surface area contributed by atoms with E-state index in [2.05, 4.69) is 11.4 Å². The minimum atomic E-state index is -0.775. The molecule has 0 unspecified atom stereocenters. The van der Waals surface area contributed by atoms with Crippen molar-refractivity contribution in [3.63, 3.8) is 0 Å². The average Bonchev–Trinajstić information content (AvgIpc) is 3.38. The minimum Gasteiger partial charge on any atom is -0.396 e. The Labute approximate surface area is 273 Å². The number of benzene rings is 3. The predicted octanol–water partition coefficient (Wildman–Crippen LogP) is 8.42. The fourth-order valence-electron chi connectivity index (χ4n) is 5.70. The van der Waals surface area contributed by atoms with Crippen molar-refractivity contribution in [2.24, 2.45) is 7.05 Å². The lowest BCUT2D eigenvalue weighted by Gasteiger charge is -2.18. The molecule has 0 aliphatic heterocycles. The van der Waals surface area contributed by atoms with Crippen molar-refractivity contribution < 1.29 is 23.5 Å². The van der Waals surface area contributed by atoms with Gasteiger partial charge in [0, 0.05) is 41.6 Å². The Kier molecular flexibility index (Phi) is 12.2. The summed E-state index contributed by atoms with van der Waals surface area (Å²) in [5.74, 6) is -2.55. The SMILES string of the molecule is Cc1c(F)ccc(F)c1-c1c(C(=O)N[C@@H](CC#N)c2cccc(Cl)c2)cn(C)c1C(=O)c1ccc(CCCCCCCCO)cc1. The molecule has 1 amide bonds. The molecular weight excluding hydrogens is 608 g/mol. The van der Waals surface area contributed by atoms with E-state index in [9.17, 15) is 19.2 Å². The summed E-state index contributed by atoms with van der Waals surface area (Å²) in [4.78, 5) is 27.9. The van der Waals surface area contributed by atoms with Gasteiger partial charge in [0.25, 0.3) is 5.91 Å². The van der Waals surface area contributed by atoms with Gasteiger partial charge in [-0.25, -0.2) is 8.78 Å². The van der Waals surface area contributed by atoms with Gasteiger partial charge in [-0.05, 0) is 67.1 Å². The number of unbranched alkanes of at least 4 members (excludes halogenated alkanes) is 5. The first kappa shape index (κ1) is 34.6. The number of aryl methyl sites for hydroxylation is 2. The first-order valence-electron chi connectivity index (χ1n) is 15.5. The van der Waals surface area contributed by atoms with Gasteiger partial charge in [-0.2, -0.15) is 5.26 Å². The van der Waals surface area contributed by atoms with Crippen LogP contribution in [-0.2, 0) is 13.5 Å². The number of aromatic nitrogens is 1. The van der Waals surface area contributed by atoms with E-state index in [1.54, 1.807) is 43.4 Å². The van der Waals surface area contributed by atoms with Crippen LogP contribution in [0.25, 0.3) is 11.1 Å². The van der Waals surface area contributed by atoms with Crippen molar-refractivity contribution >= 4 is 23.3 Å². The lowest BCUT2D eigenvalue weighted by Crippen LogP contribution is -2.28. The highest BCUT2D eigenvalue weighted by molar-refractivity contribution is 6.30. The number of aliphatic hydroxyl groups is 1. The molecule has 240 valence electrons. The maximum Gasteiger partial charge on any atom is 0.253 e. The molecule has 0 aliphatic rings. The number of nitrogens with zero attached hydrogens (tertiary/aromatic N) is 2. The molecule has 4 aromatic rings. The molecule has 0 saturated carbocycles. The van der Waals surface area contributed by atoms with E-state index in [1.165, 1.54) is 17.7 Å². The Hall–Kier alpha value is -4.32. The van der Waals surface area contributed by atoms with Crippen molar-refractivity contribution in [2.75, 3.05) is 6.61 Å². The summed E-state index contributed by atoms with van der Waals surface area (Å²) in [6, 6.07) is 17.3. The topological polar surface area (TPSA) is 95.1 Å². The van der Waals surface area contributed by atoms with E-state index in [-0.39, 0.29) is 41.0 Å². The number of hydrogen-bond acceptors (Lipinski definition) is 4. The van der Waals surface area contributed by atoms with Crippen LogP contribution in [0.5, 0.6) is 0 Å². The molecule has 0 aliphatic carbocycles. The second-order valence-corrected chi connectivity index (χ2v) is 11.9. The van der Waals surface area contributed by atoms with Gasteiger partial charge in [0.2, 0.25) is 5.78 Å². The molecule has 0 fully saturated rings. The van der Waals surface area contributed by atoms with Crippen LogP contribution in [-0.4, -0.2) is 28.0 Å². The molecule has 0 spiro atoms. The Balaban J connectivity index is 1.67. The summed E-state index contributed by atoms with van der Waals surface area (Å²) in [5, 5.41) is 21.6. The summed E-state index contributed by atoms with van der Waals surface area (Å²) >= 11 is 6.16. The molecule has 0 bridgehead atoms. The number of nitriles is 1. The van der Waals surface area contributed by atoms with Crippen LogP contribution in [0, 0.1) is 29.9 Å². The van der Waals surface area contributed by atoms with Crippen LogP contribution >= 0.6 is 11.6 Å². The van der Waals surface area contributed by atoms with E-state index in [0.717, 1.165) is 62.6 Å². The summed E-state index contributed by atoms with van der Waals surface area (Å²) in [6.07, 6.45) is 8.37. The fourth-order valence-corrected chi connectivity index (χ4v) is 5.89. The minimum absolute atomic E-state index is 0.0217. The van der Waals surface area contributed by atoms with E-state index in [0.29, 0.717) is 16.1 Å². The Morgan fingerprint density at radius 2 is 1.63 bits per heavy atom. The normalized spacial score (nSPS) is 11.7. The Morgan fingerprint density at radius 1 is 0.957 bits per heavy atom. The molecule has 3 aromatic carbocycles. The van der Waals surface area contributed by atoms with Gasteiger partial charge in [-0.15, -0.1) is 0 Å². The molecule has 1 heterocycles. The first-order chi connectivity index (χ1) is 22.2. The standard InChI is InChI=1S/C37H38ClF2N3O3/c1-24-30(39)17-18-31(40)33(24)34-29(37(46)42-32(19-20-41)27-11-9-12-28(38)22-27)23-43(2)35(34)36(45)26-15-13-25(14-16-26)10-7-5-3-4-6-8-21-44/h9,11-18,22-23,32,44H,3-8,10,19,21H2,1-2H3,(H,42,46)/t32-/m0/s1. The van der Waals surface area contributed by atoms with Crippen molar-refractivity contribution in [3.8, 4) is 17.2 Å². The quantitative estimate of drug-likeness (QED) is 0.100. The molecule has 0 radical (unpaired) electrons. The van der Waals surface area contributed by atoms with E-state index in [4.69, 9.17) is 16.7 Å². The molecule has 0 saturated heterocycles. The number of carbonyl (C=O) groups is 2. The third-order valence-electron chi connectivity index (χ3n) is 8.18. The molecule has 6 nitrogen and oxygen atoms in total. The van der Waals surface area contributed by atoms with Gasteiger partial charge < -0.3 is 15.0 Å². The zero-order valence-corrected chi connectivity index (χ0v) is 26.8. The van der Waals surface area contributed by atoms with Crippen molar-refractivity contribution in [2.45, 2.75) is 64.3 Å². The highest BCUT2D eigenvalue weighted by Crippen LogP contribution is 2.37. The van der Waals surface area contributed by atoms with E-state index in [1.807, 2.05) is 12.1 Å². The molecule has 4 rings (SSSR count). The number of hydrogen-bond donors (Lipinski definition) is 2. The zero-order chi connectivity index (χ0) is 33.2. The second-order valence-electron chi connectivity index (χ2n) is 11.5. The summed E-state index contributed by atoms with van der Waals surface area (Å²) in [5.41, 5.74) is 1.80. The molecule has 46 heavy (non-hydrogen) atoms. The monoisotopic (exact) mass is 645 g/mol. The zero-order valence-electron chi connectivity index (χ0n) is 26.1. The van der Waals surface area contributed by atoms with Crippen LogP contribution in [0.3, 0.4) is 0 Å². The molecule has 2 N–H and O–H groups in total. The molecule has 9 heteroatoms. The third-order valence-corrected chi connectivity index (χ3v) is 8.42. The van der Waals surface area contributed by atoms with Crippen molar-refractivity contribution in [1.82, 2.24) is 9.88 Å². The summed E-state index contributed by atoms with van der Waals surface area (Å²) < 4.78 is 31.8. The highest BCUT2D eigenvalue weighted by atomic mass is 35.5. The van der Waals surface area contributed by atoms with Crippen LogP contribution < -0.4 is 5.32 Å². The summed E-state index contributed by atoms with van der Waals surface area (Å²) in [6.45, 7) is 1.63. The molecular formula is C37H38ClF2N3O3. The van der Waals surface area contributed by atoms with Crippen LogP contribution in [0.2, 0.25) is 5.02 Å². The van der Waals surface area contributed by atoms with Gasteiger partial charge in [0.05, 0.1) is 29.8 Å². The number of rotatable bonds is 15. The number of nitrogens with one attached hydrogen (secondary N) is 1. The van der Waals surface area contributed by atoms with Gasteiger partial charge in [-0.1, -0.05) is 73.7 Å². The number of amides is 1. The fraction of sp³-hybridized carbons (Fsp3) is 0.324. The number of aliphatic hydroxyl groups excluding tert-OH is 1. The Morgan fingerprint density at radius 3 is 2.30 bits per heavy atom. The number of halogens is 3. The van der Waals surface area contributed by atoms with Crippen LogP contribution in [0.1, 0.15) is 94.1 Å². The maximum atomic E-state index is 15.5. The molecule has 1 atom stereocenters. The predicted molar refractivity (Wildman–Crippen MR) is 176 cm³/mol. The van der Waals surface area contributed by atoms with Gasteiger partial charge in [0.15, 0.2) is 0 Å². The Bertz CT molecular complexity index is 1730. The largest absolute Gasteiger partial charge is 0.396 e. The van der Waals surface area contributed by atoms with E-state index < -0.39 is 29.4 Å². The van der Waals surface area contributed by atoms with Crippen molar-refractivity contribution in [3.05, 3.63) is 117 Å². The number of ketones is 1. The van der Waals surface area contributed by atoms with Crippen LogP contribution in [0.4, 0.5) is 8.78 Å². The van der Waals surface area contributed by atoms with Gasteiger partial charge in [-0.3, -0.25) is 9.59 Å². The smallest absolute Gasteiger partial charge is 0.253 e. The number of carbonyl (C=O) groups excluding carboxylic acids is 2. The lowest BCUT2D eigenvalue weighted by molar-refractivity contribution is 0.0937. The van der Waals surface area contributed by atoms with Crippen molar-refractivity contribution in [1.29, 1.82) is 5.26 Å². The second kappa shape index (κ2) is 16.3. The lowest BCUT2D eigenvalue weighted by atomic mass is 9.92. The summed E-state index contributed by atoms with van der Waals surface area (Å²) in [7, 11) is 1.58. The highest BCUT2D eigenvalue weighted by Gasteiger charge is 2.30. The van der Waals surface area contributed by atoms with Crippen LogP contribution in [0.15, 0.2) is 66.9 Å². The van der Waals surface area contributed by atoms with E-state index >= 15 is 4.39 Å². The van der Waals surface area contributed by atoms with Gasteiger partial charge >= 0.3 is 0 Å². The maximum absolute atomic E-state index is 15.5. The average molecular weight is 646 g/mol. The first-order valence-corrected chi connectivity index (χ1v) is 15.9.